The van der Waals surface area contributed by atoms with Gasteiger partial charge < -0.3 is 15.0 Å². The maximum atomic E-state index is 12.8. The molecule has 1 unspecified atom stereocenters. The number of rotatable bonds is 3. The number of ether oxygens (including phenoxy) is 1. The summed E-state index contributed by atoms with van der Waals surface area (Å²) in [7, 11) is 1.69. The molecular formula is C20H22N2O2. The van der Waals surface area contributed by atoms with Crippen LogP contribution in [-0.2, 0) is 6.42 Å². The molecule has 2 amide bonds. The van der Waals surface area contributed by atoms with Gasteiger partial charge in [0.1, 0.15) is 5.75 Å². The average Bonchev–Trinajstić information content (AvgIpc) is 3.44. The van der Waals surface area contributed by atoms with Crippen molar-refractivity contribution in [2.45, 2.75) is 31.3 Å². The van der Waals surface area contributed by atoms with Crippen LogP contribution in [0.1, 0.15) is 35.6 Å². The Morgan fingerprint density at radius 3 is 2.67 bits per heavy atom. The quantitative estimate of drug-likeness (QED) is 0.939. The summed E-state index contributed by atoms with van der Waals surface area (Å²) in [4.78, 5) is 14.7. The lowest BCUT2D eigenvalue weighted by Gasteiger charge is -2.38. The number of urea groups is 1. The van der Waals surface area contributed by atoms with Crippen molar-refractivity contribution in [3.05, 3.63) is 65.2 Å². The molecule has 0 bridgehead atoms. The number of methoxy groups -OCH3 is 1. The van der Waals surface area contributed by atoms with E-state index in [0.29, 0.717) is 6.04 Å². The first kappa shape index (κ1) is 15.1. The fourth-order valence-corrected chi connectivity index (χ4v) is 3.43. The molecule has 124 valence electrons. The van der Waals surface area contributed by atoms with Crippen molar-refractivity contribution in [3.8, 4) is 5.75 Å². The Labute approximate surface area is 142 Å². The third kappa shape index (κ3) is 2.84. The Bertz CT molecular complexity index is 741. The number of hydrogen-bond donors (Lipinski definition) is 1. The van der Waals surface area contributed by atoms with Gasteiger partial charge >= 0.3 is 6.03 Å². The summed E-state index contributed by atoms with van der Waals surface area (Å²) in [6.07, 6.45) is 3.06. The highest BCUT2D eigenvalue weighted by Crippen LogP contribution is 2.37. The van der Waals surface area contributed by atoms with Crippen molar-refractivity contribution in [2.24, 2.45) is 0 Å². The standard InChI is InChI=1S/C20H22N2O2/c1-24-17-9-10-18-15(13-17)11-12-22(20(23)21-16-7-8-16)19(18)14-5-3-2-4-6-14/h2-6,9-10,13,16,19H,7-8,11-12H2,1H3,(H,21,23). The summed E-state index contributed by atoms with van der Waals surface area (Å²) < 4.78 is 5.36. The second kappa shape index (κ2) is 6.19. The molecule has 2 aromatic rings. The number of carbonyl (C=O) groups excluding carboxylic acids is 1. The van der Waals surface area contributed by atoms with E-state index in [0.717, 1.165) is 37.1 Å². The van der Waals surface area contributed by atoms with Crippen molar-refractivity contribution in [1.29, 1.82) is 0 Å². The molecule has 2 aliphatic rings. The summed E-state index contributed by atoms with van der Waals surface area (Å²) >= 11 is 0. The van der Waals surface area contributed by atoms with Gasteiger partial charge in [0.2, 0.25) is 0 Å². The Kier molecular flexibility index (Phi) is 3.89. The van der Waals surface area contributed by atoms with Gasteiger partial charge in [0.15, 0.2) is 0 Å². The zero-order chi connectivity index (χ0) is 16.5. The third-order valence-electron chi connectivity index (χ3n) is 4.86. The summed E-state index contributed by atoms with van der Waals surface area (Å²) in [6.45, 7) is 0.721. The van der Waals surface area contributed by atoms with Crippen molar-refractivity contribution in [2.75, 3.05) is 13.7 Å². The SMILES string of the molecule is COc1ccc2c(c1)CCN(C(=O)NC1CC1)C2c1ccccc1. The number of nitrogens with zero attached hydrogens (tertiary/aromatic N) is 1. The average molecular weight is 322 g/mol. The molecular weight excluding hydrogens is 300 g/mol. The van der Waals surface area contributed by atoms with E-state index in [-0.39, 0.29) is 12.1 Å². The van der Waals surface area contributed by atoms with Crippen LogP contribution in [0.25, 0.3) is 0 Å². The third-order valence-corrected chi connectivity index (χ3v) is 4.86. The highest BCUT2D eigenvalue weighted by Gasteiger charge is 2.34. The van der Waals surface area contributed by atoms with Crippen LogP contribution in [0.2, 0.25) is 0 Å². The first-order chi connectivity index (χ1) is 11.8. The fourth-order valence-electron chi connectivity index (χ4n) is 3.43. The highest BCUT2D eigenvalue weighted by atomic mass is 16.5. The minimum Gasteiger partial charge on any atom is -0.497 e. The zero-order valence-electron chi connectivity index (χ0n) is 13.9. The van der Waals surface area contributed by atoms with E-state index in [2.05, 4.69) is 29.6 Å². The first-order valence-electron chi connectivity index (χ1n) is 8.55. The van der Waals surface area contributed by atoms with E-state index in [1.165, 1.54) is 11.1 Å². The molecule has 1 aliphatic heterocycles. The van der Waals surface area contributed by atoms with Crippen molar-refractivity contribution >= 4 is 6.03 Å². The van der Waals surface area contributed by atoms with Gasteiger partial charge in [-0.25, -0.2) is 4.79 Å². The molecule has 0 saturated heterocycles. The van der Waals surface area contributed by atoms with Gasteiger partial charge in [-0.15, -0.1) is 0 Å². The number of nitrogens with one attached hydrogen (secondary N) is 1. The second-order valence-electron chi connectivity index (χ2n) is 6.55. The molecule has 1 fully saturated rings. The van der Waals surface area contributed by atoms with Crippen LogP contribution in [0.15, 0.2) is 48.5 Å². The molecule has 0 aromatic heterocycles. The second-order valence-corrected chi connectivity index (χ2v) is 6.55. The van der Waals surface area contributed by atoms with Crippen LogP contribution in [0, 0.1) is 0 Å². The summed E-state index contributed by atoms with van der Waals surface area (Å²) in [5.41, 5.74) is 3.60. The molecule has 4 heteroatoms. The van der Waals surface area contributed by atoms with Crippen LogP contribution in [0.4, 0.5) is 4.79 Å². The summed E-state index contributed by atoms with van der Waals surface area (Å²) in [5.74, 6) is 0.872. The molecule has 0 radical (unpaired) electrons. The van der Waals surface area contributed by atoms with Crippen LogP contribution in [-0.4, -0.2) is 30.6 Å². The van der Waals surface area contributed by atoms with Gasteiger partial charge in [0.25, 0.3) is 0 Å². The summed E-state index contributed by atoms with van der Waals surface area (Å²) in [6, 6.07) is 16.8. The molecule has 4 rings (SSSR count). The number of amides is 2. The van der Waals surface area contributed by atoms with E-state index < -0.39 is 0 Å². The van der Waals surface area contributed by atoms with Crippen LogP contribution in [0.3, 0.4) is 0 Å². The van der Waals surface area contributed by atoms with E-state index >= 15 is 0 Å². The normalized spacial score (nSPS) is 19.5. The van der Waals surface area contributed by atoms with E-state index in [1.54, 1.807) is 7.11 Å². The molecule has 0 spiro atoms. The van der Waals surface area contributed by atoms with Crippen LogP contribution in [0.5, 0.6) is 5.75 Å². The number of carbonyl (C=O) groups is 1. The maximum absolute atomic E-state index is 12.8. The van der Waals surface area contributed by atoms with Crippen LogP contribution >= 0.6 is 0 Å². The molecule has 1 N–H and O–H groups in total. The van der Waals surface area contributed by atoms with Gasteiger partial charge in [-0.2, -0.15) is 0 Å². The topological polar surface area (TPSA) is 41.6 Å². The lowest BCUT2D eigenvalue weighted by Crippen LogP contribution is -2.46. The minimum absolute atomic E-state index is 0.0420. The van der Waals surface area contributed by atoms with Gasteiger partial charge in [-0.1, -0.05) is 36.4 Å². The number of hydrogen-bond acceptors (Lipinski definition) is 2. The zero-order valence-corrected chi connectivity index (χ0v) is 13.9. The van der Waals surface area contributed by atoms with Crippen molar-refractivity contribution in [1.82, 2.24) is 10.2 Å². The van der Waals surface area contributed by atoms with E-state index in [1.807, 2.05) is 29.2 Å². The van der Waals surface area contributed by atoms with Crippen molar-refractivity contribution < 1.29 is 9.53 Å². The van der Waals surface area contributed by atoms with Gasteiger partial charge in [-0.3, -0.25) is 0 Å². The number of fused-ring (bicyclic) bond motifs is 1. The summed E-state index contributed by atoms with van der Waals surface area (Å²) in [5, 5.41) is 3.14. The number of benzene rings is 2. The largest absolute Gasteiger partial charge is 0.497 e. The lowest BCUT2D eigenvalue weighted by atomic mass is 9.88. The van der Waals surface area contributed by atoms with E-state index in [9.17, 15) is 4.79 Å². The molecule has 4 nitrogen and oxygen atoms in total. The maximum Gasteiger partial charge on any atom is 0.318 e. The Hall–Kier alpha value is -2.49. The lowest BCUT2D eigenvalue weighted by molar-refractivity contribution is 0.179. The Morgan fingerprint density at radius 2 is 1.96 bits per heavy atom. The molecule has 24 heavy (non-hydrogen) atoms. The molecule has 1 atom stereocenters. The molecule has 1 heterocycles. The Morgan fingerprint density at radius 1 is 1.17 bits per heavy atom. The minimum atomic E-state index is -0.0420. The smallest absolute Gasteiger partial charge is 0.318 e. The predicted molar refractivity (Wildman–Crippen MR) is 93.2 cm³/mol. The monoisotopic (exact) mass is 322 g/mol. The van der Waals surface area contributed by atoms with Gasteiger partial charge in [0.05, 0.1) is 13.2 Å². The Balaban J connectivity index is 1.73. The fraction of sp³-hybridized carbons (Fsp3) is 0.350. The molecule has 2 aromatic carbocycles. The van der Waals surface area contributed by atoms with Gasteiger partial charge in [-0.05, 0) is 48.1 Å². The molecule has 1 aliphatic carbocycles. The van der Waals surface area contributed by atoms with Crippen LogP contribution < -0.4 is 10.1 Å². The first-order valence-corrected chi connectivity index (χ1v) is 8.55. The predicted octanol–water partition coefficient (Wildman–Crippen LogP) is 3.51. The van der Waals surface area contributed by atoms with Gasteiger partial charge in [0, 0.05) is 12.6 Å². The molecule has 1 saturated carbocycles. The highest BCUT2D eigenvalue weighted by molar-refractivity contribution is 5.76. The van der Waals surface area contributed by atoms with Crippen molar-refractivity contribution in [3.63, 3.8) is 0 Å². The van der Waals surface area contributed by atoms with E-state index in [4.69, 9.17) is 4.74 Å².